The Balaban J connectivity index is 1.21. The summed E-state index contributed by atoms with van der Waals surface area (Å²) < 4.78 is 18.3. The predicted molar refractivity (Wildman–Crippen MR) is 160 cm³/mol. The Morgan fingerprint density at radius 1 is 0.756 bits per heavy atom. The molecule has 0 radical (unpaired) electrons. The molecular formula is C34H46N2O5. The highest BCUT2D eigenvalue weighted by Crippen LogP contribution is 2.33. The van der Waals surface area contributed by atoms with Crippen LogP contribution in [0.25, 0.3) is 0 Å². The molecule has 1 aromatic heterocycles. The van der Waals surface area contributed by atoms with Gasteiger partial charge in [-0.3, -0.25) is 9.80 Å². The van der Waals surface area contributed by atoms with Gasteiger partial charge in [-0.15, -0.1) is 0 Å². The van der Waals surface area contributed by atoms with Crippen molar-refractivity contribution in [2.45, 2.75) is 69.0 Å². The number of nitrogens with zero attached hydrogens (tertiary/aromatic N) is 2. The normalized spacial score (nSPS) is 20.9. The Morgan fingerprint density at radius 3 is 1.78 bits per heavy atom. The van der Waals surface area contributed by atoms with Gasteiger partial charge < -0.3 is 24.1 Å². The Labute approximate surface area is 244 Å². The molecule has 5 atom stereocenters. The molecule has 3 aromatic rings. The number of rotatable bonds is 14. The zero-order valence-corrected chi connectivity index (χ0v) is 24.5. The number of aliphatic hydroxyl groups excluding tert-OH is 2. The van der Waals surface area contributed by atoms with E-state index in [0.29, 0.717) is 19.6 Å². The van der Waals surface area contributed by atoms with Gasteiger partial charge in [0.1, 0.15) is 5.76 Å². The van der Waals surface area contributed by atoms with E-state index in [-0.39, 0.29) is 31.5 Å². The second-order valence-corrected chi connectivity index (χ2v) is 11.8. The predicted octanol–water partition coefficient (Wildman–Crippen LogP) is 5.09. The van der Waals surface area contributed by atoms with Gasteiger partial charge in [0.05, 0.1) is 49.9 Å². The molecule has 0 saturated heterocycles. The van der Waals surface area contributed by atoms with Gasteiger partial charge in [0, 0.05) is 19.6 Å². The number of fused-ring (bicyclic) bond motifs is 2. The summed E-state index contributed by atoms with van der Waals surface area (Å²) in [6.45, 7) is 1.83. The molecule has 41 heavy (non-hydrogen) atoms. The van der Waals surface area contributed by atoms with Crippen LogP contribution >= 0.6 is 0 Å². The summed E-state index contributed by atoms with van der Waals surface area (Å²) in [7, 11) is 4.04. The molecule has 1 heterocycles. The minimum atomic E-state index is -0.693. The number of likely N-dealkylation sites (N-methyl/N-ethyl adjacent to an activating group) is 1. The first-order chi connectivity index (χ1) is 20.0. The number of aliphatic hydroxyl groups is 2. The fraction of sp³-hybridized carbons (Fsp3) is 0.529. The number of furan rings is 1. The third-order valence-corrected chi connectivity index (χ3v) is 8.47. The maximum atomic E-state index is 11.1. The summed E-state index contributed by atoms with van der Waals surface area (Å²) in [5.74, 6) is 0.856. The van der Waals surface area contributed by atoms with Crippen LogP contribution in [-0.4, -0.2) is 79.2 Å². The van der Waals surface area contributed by atoms with Crippen LogP contribution in [0.15, 0.2) is 71.3 Å². The SMILES string of the molecule is CN(C)C(CN(CC(O)COC1CCCc2ccccc21)CC(O)COC1CCCc2ccccc21)c1ccco1. The van der Waals surface area contributed by atoms with Gasteiger partial charge in [0.2, 0.25) is 0 Å². The molecule has 2 N–H and O–H groups in total. The van der Waals surface area contributed by atoms with Crippen LogP contribution in [-0.2, 0) is 22.3 Å². The van der Waals surface area contributed by atoms with E-state index in [0.717, 1.165) is 44.3 Å². The molecule has 2 aliphatic rings. The molecular weight excluding hydrogens is 516 g/mol. The molecule has 2 aromatic carbocycles. The molecule has 222 valence electrons. The van der Waals surface area contributed by atoms with Crippen LogP contribution < -0.4 is 0 Å². The van der Waals surface area contributed by atoms with Gasteiger partial charge in [-0.05, 0) is 87.0 Å². The van der Waals surface area contributed by atoms with E-state index < -0.39 is 12.2 Å². The van der Waals surface area contributed by atoms with E-state index >= 15 is 0 Å². The van der Waals surface area contributed by atoms with E-state index in [9.17, 15) is 10.2 Å². The van der Waals surface area contributed by atoms with Crippen LogP contribution in [0, 0.1) is 0 Å². The number of hydrogen-bond acceptors (Lipinski definition) is 7. The average molecular weight is 563 g/mol. The first-order valence-corrected chi connectivity index (χ1v) is 15.1. The van der Waals surface area contributed by atoms with Crippen molar-refractivity contribution in [1.82, 2.24) is 9.80 Å². The topological polar surface area (TPSA) is 78.5 Å². The molecule has 0 saturated carbocycles. The maximum Gasteiger partial charge on any atom is 0.122 e. The summed E-state index contributed by atoms with van der Waals surface area (Å²) in [5.41, 5.74) is 5.17. The van der Waals surface area contributed by atoms with Crippen molar-refractivity contribution in [2.75, 3.05) is 46.9 Å². The van der Waals surface area contributed by atoms with Crippen LogP contribution in [0.3, 0.4) is 0 Å². The highest BCUT2D eigenvalue weighted by Gasteiger charge is 2.27. The van der Waals surface area contributed by atoms with Gasteiger partial charge >= 0.3 is 0 Å². The molecule has 0 spiro atoms. The van der Waals surface area contributed by atoms with Gasteiger partial charge in [-0.2, -0.15) is 0 Å². The van der Waals surface area contributed by atoms with Gasteiger partial charge in [-0.25, -0.2) is 0 Å². The van der Waals surface area contributed by atoms with Crippen molar-refractivity contribution in [3.63, 3.8) is 0 Å². The lowest BCUT2D eigenvalue weighted by Gasteiger charge is -2.34. The second kappa shape index (κ2) is 14.6. The molecule has 5 unspecified atom stereocenters. The summed E-state index contributed by atoms with van der Waals surface area (Å²) in [4.78, 5) is 4.22. The Kier molecular flexibility index (Phi) is 10.7. The molecule has 0 bridgehead atoms. The van der Waals surface area contributed by atoms with E-state index in [1.165, 1.54) is 22.3 Å². The van der Waals surface area contributed by atoms with Crippen LogP contribution in [0.4, 0.5) is 0 Å². The average Bonchev–Trinajstić information content (AvgIpc) is 3.52. The van der Waals surface area contributed by atoms with E-state index in [1.807, 2.05) is 26.2 Å². The van der Waals surface area contributed by atoms with Crippen LogP contribution in [0.1, 0.15) is 71.9 Å². The van der Waals surface area contributed by atoms with E-state index in [1.54, 1.807) is 6.26 Å². The van der Waals surface area contributed by atoms with Crippen molar-refractivity contribution in [1.29, 1.82) is 0 Å². The molecule has 0 fully saturated rings. The zero-order valence-electron chi connectivity index (χ0n) is 24.5. The number of ether oxygens (including phenoxy) is 2. The lowest BCUT2D eigenvalue weighted by Crippen LogP contribution is -2.44. The van der Waals surface area contributed by atoms with Crippen molar-refractivity contribution >= 4 is 0 Å². The Morgan fingerprint density at radius 2 is 1.29 bits per heavy atom. The first-order valence-electron chi connectivity index (χ1n) is 15.1. The summed E-state index contributed by atoms with van der Waals surface area (Å²) in [5, 5.41) is 22.2. The smallest absolute Gasteiger partial charge is 0.122 e. The summed E-state index contributed by atoms with van der Waals surface area (Å²) >= 11 is 0. The Hall–Kier alpha value is -2.52. The molecule has 5 rings (SSSR count). The monoisotopic (exact) mass is 562 g/mol. The van der Waals surface area contributed by atoms with Crippen molar-refractivity contribution in [3.05, 3.63) is 94.9 Å². The summed E-state index contributed by atoms with van der Waals surface area (Å²) in [6.07, 6.45) is 6.61. The van der Waals surface area contributed by atoms with Crippen molar-refractivity contribution in [3.8, 4) is 0 Å². The fourth-order valence-corrected chi connectivity index (χ4v) is 6.38. The van der Waals surface area contributed by atoms with E-state index in [2.05, 4.69) is 58.3 Å². The number of aryl methyl sites for hydroxylation is 2. The first kappa shape index (κ1) is 30.0. The molecule has 2 aliphatic carbocycles. The minimum absolute atomic E-state index is 0.0121. The number of benzene rings is 2. The van der Waals surface area contributed by atoms with Gasteiger partial charge in [0.15, 0.2) is 0 Å². The lowest BCUT2D eigenvalue weighted by atomic mass is 9.89. The fourth-order valence-electron chi connectivity index (χ4n) is 6.38. The van der Waals surface area contributed by atoms with Crippen molar-refractivity contribution < 1.29 is 24.1 Å². The molecule has 7 nitrogen and oxygen atoms in total. The maximum absolute atomic E-state index is 11.1. The largest absolute Gasteiger partial charge is 0.468 e. The molecule has 0 aliphatic heterocycles. The molecule has 7 heteroatoms. The molecule has 0 amide bonds. The Bertz CT molecular complexity index is 1130. The standard InChI is InChI=1S/C34H46N2O5/c1-35(2)31(34-18-9-19-39-34)22-36(20-27(37)23-40-32-16-7-12-25-10-3-5-14-29(25)32)21-28(38)24-41-33-17-8-13-26-11-4-6-15-30(26)33/h3-6,9-11,14-15,18-19,27-28,31-33,37-38H,7-8,12-13,16-17,20-24H2,1-2H3. The van der Waals surface area contributed by atoms with Crippen molar-refractivity contribution in [2.24, 2.45) is 0 Å². The van der Waals surface area contributed by atoms with E-state index in [4.69, 9.17) is 13.9 Å². The third kappa shape index (κ3) is 8.07. The van der Waals surface area contributed by atoms with Crippen LogP contribution in [0.5, 0.6) is 0 Å². The second-order valence-electron chi connectivity index (χ2n) is 11.8. The zero-order chi connectivity index (χ0) is 28.6. The lowest BCUT2D eigenvalue weighted by molar-refractivity contribution is -0.0495. The highest BCUT2D eigenvalue weighted by atomic mass is 16.5. The number of hydrogen-bond donors (Lipinski definition) is 2. The van der Waals surface area contributed by atoms with Crippen LogP contribution in [0.2, 0.25) is 0 Å². The quantitative estimate of drug-likeness (QED) is 0.283. The third-order valence-electron chi connectivity index (χ3n) is 8.47. The van der Waals surface area contributed by atoms with Gasteiger partial charge in [0.25, 0.3) is 0 Å². The minimum Gasteiger partial charge on any atom is -0.468 e. The summed E-state index contributed by atoms with van der Waals surface area (Å²) in [6, 6.07) is 20.8. The highest BCUT2D eigenvalue weighted by molar-refractivity contribution is 5.32. The van der Waals surface area contributed by atoms with Gasteiger partial charge in [-0.1, -0.05) is 48.5 Å².